The number of halogens is 3. The third-order valence-electron chi connectivity index (χ3n) is 3.06. The first kappa shape index (κ1) is 12.9. The standard InChI is InChI=1S/C12H15F3N2O/c13-12(14,15)7-5-9(16)11(10(17)6-7)18-8-3-1-2-4-8/h5-6,8H,1-4,16-17H2. The highest BCUT2D eigenvalue weighted by Gasteiger charge is 2.32. The van der Waals surface area contributed by atoms with Gasteiger partial charge in [0.15, 0.2) is 5.75 Å². The van der Waals surface area contributed by atoms with Crippen molar-refractivity contribution >= 4 is 11.4 Å². The van der Waals surface area contributed by atoms with Crippen LogP contribution < -0.4 is 16.2 Å². The Morgan fingerprint density at radius 3 is 2.00 bits per heavy atom. The van der Waals surface area contributed by atoms with Crippen LogP contribution in [0.4, 0.5) is 24.5 Å². The first-order chi connectivity index (χ1) is 8.38. The second-order valence-corrected chi connectivity index (χ2v) is 4.51. The molecule has 0 aliphatic heterocycles. The smallest absolute Gasteiger partial charge is 0.416 e. The van der Waals surface area contributed by atoms with Crippen molar-refractivity contribution in [3.8, 4) is 5.75 Å². The topological polar surface area (TPSA) is 61.3 Å². The first-order valence-corrected chi connectivity index (χ1v) is 5.81. The van der Waals surface area contributed by atoms with E-state index in [4.69, 9.17) is 16.2 Å². The molecule has 0 heterocycles. The summed E-state index contributed by atoms with van der Waals surface area (Å²) in [5, 5.41) is 0. The van der Waals surface area contributed by atoms with E-state index < -0.39 is 11.7 Å². The minimum atomic E-state index is -4.45. The minimum Gasteiger partial charge on any atom is -0.486 e. The van der Waals surface area contributed by atoms with Gasteiger partial charge in [-0.2, -0.15) is 13.2 Å². The molecule has 1 aromatic carbocycles. The van der Waals surface area contributed by atoms with Crippen molar-refractivity contribution < 1.29 is 17.9 Å². The molecule has 0 spiro atoms. The molecule has 0 radical (unpaired) electrons. The molecule has 2 rings (SSSR count). The van der Waals surface area contributed by atoms with Crippen LogP contribution in [0, 0.1) is 0 Å². The summed E-state index contributed by atoms with van der Waals surface area (Å²) >= 11 is 0. The van der Waals surface area contributed by atoms with Gasteiger partial charge in [0.2, 0.25) is 0 Å². The van der Waals surface area contributed by atoms with Gasteiger partial charge < -0.3 is 16.2 Å². The molecule has 0 aromatic heterocycles. The van der Waals surface area contributed by atoms with Gasteiger partial charge >= 0.3 is 6.18 Å². The Bertz CT molecular complexity index is 416. The van der Waals surface area contributed by atoms with E-state index in [1.54, 1.807) is 0 Å². The largest absolute Gasteiger partial charge is 0.486 e. The Hall–Kier alpha value is -1.59. The van der Waals surface area contributed by atoms with E-state index in [2.05, 4.69) is 0 Å². The predicted molar refractivity (Wildman–Crippen MR) is 63.2 cm³/mol. The molecular formula is C12H15F3N2O. The molecule has 3 nitrogen and oxygen atoms in total. The van der Waals surface area contributed by atoms with Gasteiger partial charge in [-0.15, -0.1) is 0 Å². The van der Waals surface area contributed by atoms with Crippen LogP contribution >= 0.6 is 0 Å². The summed E-state index contributed by atoms with van der Waals surface area (Å²) in [6.07, 6.45) is -0.546. The molecule has 1 saturated carbocycles. The van der Waals surface area contributed by atoms with Crippen LogP contribution in [0.1, 0.15) is 31.2 Å². The summed E-state index contributed by atoms with van der Waals surface area (Å²) in [4.78, 5) is 0. The summed E-state index contributed by atoms with van der Waals surface area (Å²) < 4.78 is 43.2. The molecule has 0 unspecified atom stereocenters. The first-order valence-electron chi connectivity index (χ1n) is 5.81. The number of rotatable bonds is 2. The van der Waals surface area contributed by atoms with Crippen molar-refractivity contribution in [2.45, 2.75) is 38.0 Å². The van der Waals surface area contributed by atoms with Gasteiger partial charge in [-0.1, -0.05) is 0 Å². The summed E-state index contributed by atoms with van der Waals surface area (Å²) in [6.45, 7) is 0. The molecule has 1 aromatic rings. The molecule has 0 atom stereocenters. The van der Waals surface area contributed by atoms with E-state index in [-0.39, 0.29) is 23.2 Å². The zero-order chi connectivity index (χ0) is 13.3. The quantitative estimate of drug-likeness (QED) is 0.803. The third-order valence-corrected chi connectivity index (χ3v) is 3.06. The highest BCUT2D eigenvalue weighted by molar-refractivity contribution is 5.69. The van der Waals surface area contributed by atoms with E-state index in [1.807, 2.05) is 0 Å². The molecular weight excluding hydrogens is 245 g/mol. The van der Waals surface area contributed by atoms with Crippen molar-refractivity contribution in [2.24, 2.45) is 0 Å². The van der Waals surface area contributed by atoms with Crippen LogP contribution in [0.5, 0.6) is 5.75 Å². The second-order valence-electron chi connectivity index (χ2n) is 4.51. The van der Waals surface area contributed by atoms with Crippen LogP contribution in [0.3, 0.4) is 0 Å². The van der Waals surface area contributed by atoms with Crippen molar-refractivity contribution in [1.29, 1.82) is 0 Å². The Morgan fingerprint density at radius 2 is 1.56 bits per heavy atom. The fourth-order valence-corrected chi connectivity index (χ4v) is 2.15. The van der Waals surface area contributed by atoms with E-state index >= 15 is 0 Å². The van der Waals surface area contributed by atoms with Gasteiger partial charge in [0.05, 0.1) is 23.0 Å². The fraction of sp³-hybridized carbons (Fsp3) is 0.500. The van der Waals surface area contributed by atoms with Crippen LogP contribution in [0.2, 0.25) is 0 Å². The average molecular weight is 260 g/mol. The van der Waals surface area contributed by atoms with Crippen LogP contribution in [-0.4, -0.2) is 6.10 Å². The molecule has 1 aliphatic rings. The molecule has 0 amide bonds. The lowest BCUT2D eigenvalue weighted by atomic mass is 10.1. The second kappa shape index (κ2) is 4.59. The molecule has 18 heavy (non-hydrogen) atoms. The van der Waals surface area contributed by atoms with Crippen molar-refractivity contribution in [1.82, 2.24) is 0 Å². The van der Waals surface area contributed by atoms with Crippen molar-refractivity contribution in [3.63, 3.8) is 0 Å². The summed E-state index contributed by atoms with van der Waals surface area (Å²) in [5.74, 6) is 0.176. The highest BCUT2D eigenvalue weighted by Crippen LogP contribution is 2.39. The van der Waals surface area contributed by atoms with Gasteiger partial charge in [0.1, 0.15) is 0 Å². The van der Waals surface area contributed by atoms with Gasteiger partial charge in [-0.25, -0.2) is 0 Å². The predicted octanol–water partition coefficient (Wildman–Crippen LogP) is 3.19. The summed E-state index contributed by atoms with van der Waals surface area (Å²) in [6, 6.07) is 1.72. The molecule has 0 saturated heterocycles. The van der Waals surface area contributed by atoms with Gasteiger partial charge in [-0.3, -0.25) is 0 Å². The summed E-state index contributed by atoms with van der Waals surface area (Å²) in [7, 11) is 0. The molecule has 0 bridgehead atoms. The van der Waals surface area contributed by atoms with Crippen LogP contribution in [-0.2, 0) is 6.18 Å². The normalized spacial score (nSPS) is 17.1. The maximum Gasteiger partial charge on any atom is 0.416 e. The number of ether oxygens (including phenoxy) is 1. The van der Waals surface area contributed by atoms with E-state index in [9.17, 15) is 13.2 Å². The monoisotopic (exact) mass is 260 g/mol. The number of nitrogens with two attached hydrogens (primary N) is 2. The van der Waals surface area contributed by atoms with Gasteiger partial charge in [-0.05, 0) is 37.8 Å². The maximum atomic E-state index is 12.5. The molecule has 1 aliphatic carbocycles. The molecule has 100 valence electrons. The average Bonchev–Trinajstić information content (AvgIpc) is 2.74. The van der Waals surface area contributed by atoms with Gasteiger partial charge in [0.25, 0.3) is 0 Å². The Labute approximate surface area is 103 Å². The lowest BCUT2D eigenvalue weighted by molar-refractivity contribution is -0.137. The fourth-order valence-electron chi connectivity index (χ4n) is 2.15. The number of hydrogen-bond donors (Lipinski definition) is 2. The number of hydrogen-bond acceptors (Lipinski definition) is 3. The Morgan fingerprint density at radius 1 is 1.06 bits per heavy atom. The molecule has 6 heteroatoms. The number of alkyl halides is 3. The van der Waals surface area contributed by atoms with E-state index in [0.717, 1.165) is 37.8 Å². The number of benzene rings is 1. The maximum absolute atomic E-state index is 12.5. The van der Waals surface area contributed by atoms with E-state index in [1.165, 1.54) is 0 Å². The highest BCUT2D eigenvalue weighted by atomic mass is 19.4. The van der Waals surface area contributed by atoms with Crippen molar-refractivity contribution in [3.05, 3.63) is 17.7 Å². The minimum absolute atomic E-state index is 0.00587. The Balaban J connectivity index is 2.26. The molecule has 4 N–H and O–H groups in total. The zero-order valence-corrected chi connectivity index (χ0v) is 9.76. The number of anilines is 2. The Kier molecular flexibility index (Phi) is 3.28. The van der Waals surface area contributed by atoms with Crippen LogP contribution in [0.25, 0.3) is 0 Å². The third kappa shape index (κ3) is 2.63. The molecule has 1 fully saturated rings. The lowest BCUT2D eigenvalue weighted by Crippen LogP contribution is -2.15. The zero-order valence-electron chi connectivity index (χ0n) is 9.76. The lowest BCUT2D eigenvalue weighted by Gasteiger charge is -2.18. The SMILES string of the molecule is Nc1cc(C(F)(F)F)cc(N)c1OC1CCCC1. The van der Waals surface area contributed by atoms with E-state index in [0.29, 0.717) is 0 Å². The van der Waals surface area contributed by atoms with Crippen LogP contribution in [0.15, 0.2) is 12.1 Å². The van der Waals surface area contributed by atoms with Crippen molar-refractivity contribution in [2.75, 3.05) is 11.5 Å². The van der Waals surface area contributed by atoms with Gasteiger partial charge in [0, 0.05) is 0 Å². The number of nitrogen functional groups attached to an aromatic ring is 2. The summed E-state index contributed by atoms with van der Waals surface area (Å²) in [5.41, 5.74) is 10.2.